The number of benzene rings is 2. The second-order valence-corrected chi connectivity index (χ2v) is 7.60. The van der Waals surface area contributed by atoms with Crippen LogP contribution in [0.5, 0.6) is 5.75 Å². The molecule has 24 heavy (non-hydrogen) atoms. The summed E-state index contributed by atoms with van der Waals surface area (Å²) in [6, 6.07) is 14.8. The molecule has 2 aromatic carbocycles. The third kappa shape index (κ3) is 4.58. The molecule has 0 saturated carbocycles. The third-order valence-electron chi connectivity index (χ3n) is 4.25. The Morgan fingerprint density at radius 1 is 1.08 bits per heavy atom. The Morgan fingerprint density at radius 3 is 2.38 bits per heavy atom. The lowest BCUT2D eigenvalue weighted by Crippen LogP contribution is -2.26. The van der Waals surface area contributed by atoms with Gasteiger partial charge in [-0.3, -0.25) is 0 Å². The monoisotopic (exact) mass is 347 g/mol. The van der Waals surface area contributed by atoms with Crippen molar-refractivity contribution in [2.75, 3.05) is 13.7 Å². The molecule has 0 aliphatic rings. The summed E-state index contributed by atoms with van der Waals surface area (Å²) in [7, 11) is -1.88. The van der Waals surface area contributed by atoms with Crippen LogP contribution in [-0.4, -0.2) is 22.1 Å². The number of methoxy groups -OCH3 is 1. The molecule has 1 atom stereocenters. The number of sulfonamides is 1. The van der Waals surface area contributed by atoms with Crippen LogP contribution in [0.2, 0.25) is 0 Å². The van der Waals surface area contributed by atoms with Crippen molar-refractivity contribution in [3.05, 3.63) is 59.7 Å². The van der Waals surface area contributed by atoms with Gasteiger partial charge in [-0.25, -0.2) is 13.1 Å². The van der Waals surface area contributed by atoms with E-state index in [-0.39, 0.29) is 0 Å². The topological polar surface area (TPSA) is 55.4 Å². The van der Waals surface area contributed by atoms with Crippen molar-refractivity contribution in [1.29, 1.82) is 0 Å². The molecule has 0 aromatic heterocycles. The minimum Gasteiger partial charge on any atom is -0.496 e. The van der Waals surface area contributed by atoms with Gasteiger partial charge in [-0.15, -0.1) is 0 Å². The summed E-state index contributed by atoms with van der Waals surface area (Å²) >= 11 is 0. The van der Waals surface area contributed by atoms with Crippen LogP contribution in [0.25, 0.3) is 0 Å². The molecule has 130 valence electrons. The summed E-state index contributed by atoms with van der Waals surface area (Å²) in [6.45, 7) is 4.58. The number of ether oxygens (including phenoxy) is 1. The highest BCUT2D eigenvalue weighted by atomic mass is 32.2. The molecule has 2 rings (SSSR count). The van der Waals surface area contributed by atoms with Crippen molar-refractivity contribution in [2.24, 2.45) is 0 Å². The quantitative estimate of drug-likeness (QED) is 0.791. The average molecular weight is 347 g/mol. The zero-order valence-corrected chi connectivity index (χ0v) is 15.3. The fourth-order valence-electron chi connectivity index (χ4n) is 2.52. The SMILES string of the molecule is CCC(C)c1ccc(S(=O)(=O)NCCc2ccccc2OC)cc1. The Hall–Kier alpha value is -1.85. The Bertz CT molecular complexity index is 754. The summed E-state index contributed by atoms with van der Waals surface area (Å²) in [4.78, 5) is 0.301. The van der Waals surface area contributed by atoms with Gasteiger partial charge in [0.1, 0.15) is 5.75 Å². The van der Waals surface area contributed by atoms with Gasteiger partial charge in [0.15, 0.2) is 0 Å². The Kier molecular flexibility index (Phi) is 6.40. The van der Waals surface area contributed by atoms with E-state index in [4.69, 9.17) is 4.74 Å². The van der Waals surface area contributed by atoms with Crippen LogP contribution in [0.1, 0.15) is 37.3 Å². The Balaban J connectivity index is 2.01. The lowest BCUT2D eigenvalue weighted by molar-refractivity contribution is 0.409. The second-order valence-electron chi connectivity index (χ2n) is 5.84. The van der Waals surface area contributed by atoms with Gasteiger partial charge < -0.3 is 4.74 Å². The van der Waals surface area contributed by atoms with E-state index in [1.165, 1.54) is 0 Å². The lowest BCUT2D eigenvalue weighted by atomic mass is 9.99. The van der Waals surface area contributed by atoms with Crippen molar-refractivity contribution in [2.45, 2.75) is 37.5 Å². The standard InChI is InChI=1S/C19H25NO3S/c1-4-15(2)16-9-11-18(12-10-16)24(21,22)20-14-13-17-7-5-6-8-19(17)23-3/h5-12,15,20H,4,13-14H2,1-3H3. The minimum atomic E-state index is -3.49. The molecular formula is C19H25NO3S. The molecule has 5 heteroatoms. The average Bonchev–Trinajstić information content (AvgIpc) is 2.61. The van der Waals surface area contributed by atoms with Crippen LogP contribution in [0.3, 0.4) is 0 Å². The van der Waals surface area contributed by atoms with Gasteiger partial charge in [0.25, 0.3) is 0 Å². The summed E-state index contributed by atoms with van der Waals surface area (Å²) in [5.74, 6) is 1.20. The molecule has 0 aliphatic heterocycles. The van der Waals surface area contributed by atoms with Gasteiger partial charge in [-0.05, 0) is 48.1 Å². The van der Waals surface area contributed by atoms with Crippen LogP contribution in [0, 0.1) is 0 Å². The number of hydrogen-bond acceptors (Lipinski definition) is 3. The van der Waals surface area contributed by atoms with Gasteiger partial charge in [0, 0.05) is 6.54 Å². The zero-order chi connectivity index (χ0) is 17.6. The molecule has 0 spiro atoms. The molecule has 0 heterocycles. The maximum atomic E-state index is 12.4. The first-order valence-corrected chi connectivity index (χ1v) is 9.67. The van der Waals surface area contributed by atoms with E-state index in [1.54, 1.807) is 19.2 Å². The van der Waals surface area contributed by atoms with E-state index in [9.17, 15) is 8.42 Å². The van der Waals surface area contributed by atoms with E-state index >= 15 is 0 Å². The predicted molar refractivity (Wildman–Crippen MR) is 97.0 cm³/mol. The second kappa shape index (κ2) is 8.31. The van der Waals surface area contributed by atoms with E-state index < -0.39 is 10.0 Å². The molecule has 1 unspecified atom stereocenters. The van der Waals surface area contributed by atoms with E-state index in [2.05, 4.69) is 18.6 Å². The van der Waals surface area contributed by atoms with Crippen molar-refractivity contribution < 1.29 is 13.2 Å². The maximum absolute atomic E-state index is 12.4. The Morgan fingerprint density at radius 2 is 1.75 bits per heavy atom. The van der Waals surface area contributed by atoms with Gasteiger partial charge in [-0.1, -0.05) is 44.2 Å². The maximum Gasteiger partial charge on any atom is 0.240 e. The van der Waals surface area contributed by atoms with Gasteiger partial charge >= 0.3 is 0 Å². The van der Waals surface area contributed by atoms with Crippen LogP contribution < -0.4 is 9.46 Å². The molecule has 0 radical (unpaired) electrons. The van der Waals surface area contributed by atoms with Gasteiger partial charge in [0.2, 0.25) is 10.0 Å². The van der Waals surface area contributed by atoms with Crippen LogP contribution in [-0.2, 0) is 16.4 Å². The fraction of sp³-hybridized carbons (Fsp3) is 0.368. The molecule has 0 saturated heterocycles. The van der Waals surface area contributed by atoms with E-state index in [1.807, 2.05) is 36.4 Å². The van der Waals surface area contributed by atoms with E-state index in [0.717, 1.165) is 23.3 Å². The predicted octanol–water partition coefficient (Wildman–Crippen LogP) is 3.73. The number of para-hydroxylation sites is 1. The van der Waals surface area contributed by atoms with Crippen LogP contribution >= 0.6 is 0 Å². The summed E-state index contributed by atoms with van der Waals surface area (Å²) in [6.07, 6.45) is 1.61. The summed E-state index contributed by atoms with van der Waals surface area (Å²) in [5, 5.41) is 0. The Labute approximate surface area is 144 Å². The normalized spacial score (nSPS) is 12.8. The third-order valence-corrected chi connectivity index (χ3v) is 5.73. The first kappa shape index (κ1) is 18.5. The molecule has 0 amide bonds. The molecule has 0 fully saturated rings. The number of rotatable bonds is 8. The van der Waals surface area contributed by atoms with Gasteiger partial charge in [0.05, 0.1) is 12.0 Å². The highest BCUT2D eigenvalue weighted by Gasteiger charge is 2.14. The first-order valence-electron chi connectivity index (χ1n) is 8.19. The highest BCUT2D eigenvalue weighted by Crippen LogP contribution is 2.21. The minimum absolute atomic E-state index is 0.301. The molecule has 0 bridgehead atoms. The first-order chi connectivity index (χ1) is 11.5. The van der Waals surface area contributed by atoms with E-state index in [0.29, 0.717) is 23.8 Å². The van der Waals surface area contributed by atoms with Crippen molar-refractivity contribution in [3.8, 4) is 5.75 Å². The van der Waals surface area contributed by atoms with Crippen LogP contribution in [0.15, 0.2) is 53.4 Å². The summed E-state index contributed by atoms with van der Waals surface area (Å²) in [5.41, 5.74) is 2.14. The van der Waals surface area contributed by atoms with Crippen molar-refractivity contribution >= 4 is 10.0 Å². The summed E-state index contributed by atoms with van der Waals surface area (Å²) < 4.78 is 32.7. The van der Waals surface area contributed by atoms with Crippen molar-refractivity contribution in [1.82, 2.24) is 4.72 Å². The smallest absolute Gasteiger partial charge is 0.240 e. The lowest BCUT2D eigenvalue weighted by Gasteiger charge is -2.11. The molecule has 0 aliphatic carbocycles. The number of nitrogens with one attached hydrogen (secondary N) is 1. The molecule has 4 nitrogen and oxygen atoms in total. The number of hydrogen-bond donors (Lipinski definition) is 1. The largest absolute Gasteiger partial charge is 0.496 e. The van der Waals surface area contributed by atoms with Crippen LogP contribution in [0.4, 0.5) is 0 Å². The zero-order valence-electron chi connectivity index (χ0n) is 14.5. The molecule has 2 aromatic rings. The van der Waals surface area contributed by atoms with Gasteiger partial charge in [-0.2, -0.15) is 0 Å². The fourth-order valence-corrected chi connectivity index (χ4v) is 3.56. The molecular weight excluding hydrogens is 322 g/mol. The molecule has 1 N–H and O–H groups in total. The van der Waals surface area contributed by atoms with Crippen molar-refractivity contribution in [3.63, 3.8) is 0 Å². The highest BCUT2D eigenvalue weighted by molar-refractivity contribution is 7.89.